The van der Waals surface area contributed by atoms with Gasteiger partial charge in [-0.1, -0.05) is 17.7 Å². The van der Waals surface area contributed by atoms with E-state index in [0.717, 1.165) is 16.3 Å². The van der Waals surface area contributed by atoms with Gasteiger partial charge in [-0.3, -0.25) is 9.36 Å². The second-order valence-corrected chi connectivity index (χ2v) is 3.95. The summed E-state index contributed by atoms with van der Waals surface area (Å²) in [6.07, 6.45) is 1.14. The van der Waals surface area contributed by atoms with E-state index in [2.05, 4.69) is 10.3 Å². The molecule has 0 saturated heterocycles. The molecule has 0 radical (unpaired) electrons. The number of H-pyrrole nitrogens is 1. The summed E-state index contributed by atoms with van der Waals surface area (Å²) in [5.41, 5.74) is 1.22. The number of nitrogens with zero attached hydrogens (tertiary/aromatic N) is 1. The number of hydrogen-bond acceptors (Lipinski definition) is 3. The van der Waals surface area contributed by atoms with Gasteiger partial charge in [0.25, 0.3) is 0 Å². The molecule has 94 valence electrons. The van der Waals surface area contributed by atoms with E-state index in [1.165, 1.54) is 0 Å². The fraction of sp³-hybridized carbons (Fsp3) is 0.167. The van der Waals surface area contributed by atoms with Crippen LogP contribution in [0, 0.1) is 6.92 Å². The third-order valence-corrected chi connectivity index (χ3v) is 2.48. The van der Waals surface area contributed by atoms with Crippen LogP contribution in [-0.4, -0.2) is 20.6 Å². The van der Waals surface area contributed by atoms with Crippen molar-refractivity contribution in [3.05, 3.63) is 46.5 Å². The van der Waals surface area contributed by atoms with Crippen LogP contribution < -0.4 is 11.0 Å². The summed E-state index contributed by atoms with van der Waals surface area (Å²) in [5.74, 6) is -0.644. The summed E-state index contributed by atoms with van der Waals surface area (Å²) in [4.78, 5) is 25.2. The molecule has 0 spiro atoms. The van der Waals surface area contributed by atoms with Crippen LogP contribution >= 0.6 is 0 Å². The first-order chi connectivity index (χ1) is 8.56. The van der Waals surface area contributed by atoms with Crippen molar-refractivity contribution < 1.29 is 9.90 Å². The maximum Gasteiger partial charge on any atom is 0.328 e. The van der Waals surface area contributed by atoms with Gasteiger partial charge in [0.15, 0.2) is 0 Å². The van der Waals surface area contributed by atoms with E-state index in [9.17, 15) is 14.7 Å². The lowest BCUT2D eigenvalue weighted by Gasteiger charge is -2.06. The molecule has 18 heavy (non-hydrogen) atoms. The minimum Gasteiger partial charge on any atom is -0.493 e. The lowest BCUT2D eigenvalue weighted by Crippen LogP contribution is -2.25. The first-order valence-corrected chi connectivity index (χ1v) is 5.40. The van der Waals surface area contributed by atoms with Gasteiger partial charge in [0.05, 0.1) is 6.20 Å². The number of anilines is 1. The van der Waals surface area contributed by atoms with Gasteiger partial charge in [0.1, 0.15) is 6.54 Å². The molecule has 1 aromatic heterocycles. The van der Waals surface area contributed by atoms with Crippen molar-refractivity contribution in [3.63, 3.8) is 0 Å². The van der Waals surface area contributed by atoms with Crippen molar-refractivity contribution in [2.24, 2.45) is 0 Å². The molecule has 1 aromatic carbocycles. The van der Waals surface area contributed by atoms with E-state index >= 15 is 0 Å². The Labute approximate surface area is 103 Å². The molecular formula is C12H13N3O3. The number of hydrogen-bond donors (Lipinski definition) is 3. The van der Waals surface area contributed by atoms with E-state index in [1.54, 1.807) is 12.1 Å². The fourth-order valence-corrected chi connectivity index (χ4v) is 1.52. The van der Waals surface area contributed by atoms with Gasteiger partial charge in [-0.2, -0.15) is 0 Å². The maximum absolute atomic E-state index is 11.7. The lowest BCUT2D eigenvalue weighted by molar-refractivity contribution is -0.116. The number of benzene rings is 1. The topological polar surface area (TPSA) is 87.1 Å². The van der Waals surface area contributed by atoms with Crippen LogP contribution in [0.25, 0.3) is 0 Å². The summed E-state index contributed by atoms with van der Waals surface area (Å²) in [6.45, 7) is 1.71. The molecule has 2 rings (SSSR count). The molecule has 0 aliphatic heterocycles. The molecule has 1 heterocycles. The van der Waals surface area contributed by atoms with Gasteiger partial charge < -0.3 is 15.4 Å². The van der Waals surface area contributed by atoms with Crippen LogP contribution in [0.2, 0.25) is 0 Å². The molecule has 0 atom stereocenters. The Bertz CT molecular complexity index is 610. The summed E-state index contributed by atoms with van der Waals surface area (Å²) < 4.78 is 0.948. The lowest BCUT2D eigenvalue weighted by atomic mass is 10.2. The molecule has 6 heteroatoms. The first-order valence-electron chi connectivity index (χ1n) is 5.40. The Kier molecular flexibility index (Phi) is 3.18. The zero-order valence-corrected chi connectivity index (χ0v) is 9.80. The van der Waals surface area contributed by atoms with Crippen molar-refractivity contribution in [1.82, 2.24) is 9.55 Å². The largest absolute Gasteiger partial charge is 0.493 e. The highest BCUT2D eigenvalue weighted by Crippen LogP contribution is 2.09. The molecule has 1 amide bonds. The monoisotopic (exact) mass is 247 g/mol. The Morgan fingerprint density at radius 2 is 2.06 bits per heavy atom. The summed E-state index contributed by atoms with van der Waals surface area (Å²) in [7, 11) is 0. The average molecular weight is 247 g/mol. The number of amides is 1. The Morgan fingerprint density at radius 3 is 2.61 bits per heavy atom. The second kappa shape index (κ2) is 4.79. The normalized spacial score (nSPS) is 10.3. The van der Waals surface area contributed by atoms with Gasteiger partial charge in [-0.15, -0.1) is 0 Å². The van der Waals surface area contributed by atoms with Gasteiger partial charge in [0.2, 0.25) is 11.8 Å². The predicted molar refractivity (Wildman–Crippen MR) is 66.5 cm³/mol. The maximum atomic E-state index is 11.7. The molecule has 0 bridgehead atoms. The third-order valence-electron chi connectivity index (χ3n) is 2.48. The highest BCUT2D eigenvalue weighted by atomic mass is 16.3. The first kappa shape index (κ1) is 12.0. The zero-order valence-electron chi connectivity index (χ0n) is 9.80. The predicted octanol–water partition coefficient (Wildman–Crippen LogP) is 0.829. The van der Waals surface area contributed by atoms with E-state index in [-0.39, 0.29) is 18.3 Å². The average Bonchev–Trinajstić information content (AvgIpc) is 2.64. The Balaban J connectivity index is 2.05. The van der Waals surface area contributed by atoms with Crippen molar-refractivity contribution in [2.45, 2.75) is 13.5 Å². The van der Waals surface area contributed by atoms with Gasteiger partial charge in [0, 0.05) is 5.69 Å². The van der Waals surface area contributed by atoms with Gasteiger partial charge >= 0.3 is 5.69 Å². The summed E-state index contributed by atoms with van der Waals surface area (Å²) >= 11 is 0. The van der Waals surface area contributed by atoms with Crippen molar-refractivity contribution in [3.8, 4) is 5.88 Å². The highest BCUT2D eigenvalue weighted by molar-refractivity contribution is 5.90. The minimum atomic E-state index is -0.522. The van der Waals surface area contributed by atoms with Crippen LogP contribution in [0.1, 0.15) is 5.56 Å². The molecular weight excluding hydrogens is 234 g/mol. The van der Waals surface area contributed by atoms with E-state index in [0.29, 0.717) is 5.69 Å². The molecule has 3 N–H and O–H groups in total. The molecule has 0 saturated carbocycles. The number of aromatic hydroxyl groups is 1. The third kappa shape index (κ3) is 2.60. The Morgan fingerprint density at radius 1 is 1.39 bits per heavy atom. The zero-order chi connectivity index (χ0) is 13.1. The number of aromatic nitrogens is 2. The number of aryl methyl sites for hydroxylation is 1. The van der Waals surface area contributed by atoms with Gasteiger partial charge in [-0.05, 0) is 19.1 Å². The van der Waals surface area contributed by atoms with E-state index in [1.807, 2.05) is 19.1 Å². The molecule has 0 fully saturated rings. The summed E-state index contributed by atoms with van der Waals surface area (Å²) in [5, 5.41) is 12.0. The molecule has 2 aromatic rings. The van der Waals surface area contributed by atoms with Gasteiger partial charge in [-0.25, -0.2) is 4.79 Å². The van der Waals surface area contributed by atoms with Crippen molar-refractivity contribution in [1.29, 1.82) is 0 Å². The van der Waals surface area contributed by atoms with Crippen molar-refractivity contribution >= 4 is 11.6 Å². The van der Waals surface area contributed by atoms with E-state index in [4.69, 9.17) is 0 Å². The summed E-state index contributed by atoms with van der Waals surface area (Å²) in [6, 6.07) is 7.28. The SMILES string of the molecule is Cc1ccc(NC(=O)Cn2c(O)c[nH]c2=O)cc1. The Hall–Kier alpha value is -2.50. The number of imidazole rings is 1. The fourth-order valence-electron chi connectivity index (χ4n) is 1.52. The molecule has 0 aliphatic rings. The molecule has 6 nitrogen and oxygen atoms in total. The smallest absolute Gasteiger partial charge is 0.328 e. The number of aromatic amines is 1. The standard InChI is InChI=1S/C12H13N3O3/c1-8-2-4-9(5-3-8)14-10(16)7-15-11(17)6-13-12(15)18/h2-6,17H,7H2,1H3,(H,13,18)(H,14,16). The number of carbonyl (C=O) groups is 1. The quantitative estimate of drug-likeness (QED) is 0.750. The number of rotatable bonds is 3. The van der Waals surface area contributed by atoms with Crippen LogP contribution in [-0.2, 0) is 11.3 Å². The van der Waals surface area contributed by atoms with Crippen LogP contribution in [0.5, 0.6) is 5.88 Å². The highest BCUT2D eigenvalue weighted by Gasteiger charge is 2.09. The van der Waals surface area contributed by atoms with Crippen LogP contribution in [0.15, 0.2) is 35.3 Å². The molecule has 0 aliphatic carbocycles. The number of carbonyl (C=O) groups excluding carboxylic acids is 1. The van der Waals surface area contributed by atoms with Crippen molar-refractivity contribution in [2.75, 3.05) is 5.32 Å². The van der Waals surface area contributed by atoms with Crippen LogP contribution in [0.4, 0.5) is 5.69 Å². The molecule has 0 unspecified atom stereocenters. The minimum absolute atomic E-state index is 0.234. The second-order valence-electron chi connectivity index (χ2n) is 3.95. The van der Waals surface area contributed by atoms with Crippen LogP contribution in [0.3, 0.4) is 0 Å². The van der Waals surface area contributed by atoms with E-state index < -0.39 is 5.69 Å². The number of nitrogens with one attached hydrogen (secondary N) is 2.